The number of fused-ring (bicyclic) bond motifs is 1. The minimum absolute atomic E-state index is 0.153. The van der Waals surface area contributed by atoms with Gasteiger partial charge in [0.25, 0.3) is 5.91 Å². The number of thiazole rings is 1. The molecule has 0 spiro atoms. The summed E-state index contributed by atoms with van der Waals surface area (Å²) >= 11 is 7.64. The summed E-state index contributed by atoms with van der Waals surface area (Å²) in [5.41, 5.74) is 2.04. The maximum Gasteiger partial charge on any atom is 0.263 e. The lowest BCUT2D eigenvalue weighted by molar-refractivity contribution is 0.0949. The molecule has 1 amide bonds. The normalized spacial score (nSPS) is 11.0. The van der Waals surface area contributed by atoms with Gasteiger partial charge in [-0.05, 0) is 32.0 Å². The number of nitrogens with one attached hydrogen (secondary N) is 1. The molecule has 0 aliphatic rings. The molecule has 29 heavy (non-hydrogen) atoms. The highest BCUT2D eigenvalue weighted by Crippen LogP contribution is 2.26. The molecule has 8 nitrogen and oxygen atoms in total. The van der Waals surface area contributed by atoms with Gasteiger partial charge in [0.2, 0.25) is 5.88 Å². The number of aryl methyl sites for hydroxylation is 2. The largest absolute Gasteiger partial charge is 0.475 e. The molecule has 4 aromatic rings. The predicted molar refractivity (Wildman–Crippen MR) is 111 cm³/mol. The van der Waals surface area contributed by atoms with Crippen LogP contribution in [0, 0.1) is 13.8 Å². The van der Waals surface area contributed by atoms with E-state index in [1.165, 1.54) is 11.3 Å². The van der Waals surface area contributed by atoms with E-state index in [4.69, 9.17) is 16.3 Å². The van der Waals surface area contributed by atoms with Crippen LogP contribution in [-0.4, -0.2) is 43.9 Å². The zero-order chi connectivity index (χ0) is 20.4. The van der Waals surface area contributed by atoms with Crippen molar-refractivity contribution in [2.24, 2.45) is 0 Å². The Hall–Kier alpha value is -3.04. The molecule has 4 rings (SSSR count). The first-order valence-electron chi connectivity index (χ1n) is 8.85. The molecule has 0 radical (unpaired) electrons. The van der Waals surface area contributed by atoms with Gasteiger partial charge in [0.15, 0.2) is 11.5 Å². The molecule has 148 valence electrons. The van der Waals surface area contributed by atoms with E-state index in [1.54, 1.807) is 22.7 Å². The monoisotopic (exact) mass is 428 g/mol. The minimum atomic E-state index is -0.153. The number of hydrogen-bond donors (Lipinski definition) is 1. The fourth-order valence-corrected chi connectivity index (χ4v) is 3.86. The minimum Gasteiger partial charge on any atom is -0.475 e. The van der Waals surface area contributed by atoms with Crippen LogP contribution in [0.4, 0.5) is 0 Å². The van der Waals surface area contributed by atoms with Gasteiger partial charge in [0.05, 0.1) is 22.3 Å². The average Bonchev–Trinajstić information content (AvgIpc) is 3.27. The fourth-order valence-electron chi connectivity index (χ4n) is 2.80. The lowest BCUT2D eigenvalue weighted by atomic mass is 10.2. The number of ether oxygens (including phenoxy) is 1. The average molecular weight is 429 g/mol. The van der Waals surface area contributed by atoms with Crippen molar-refractivity contribution in [2.75, 3.05) is 13.2 Å². The number of carbonyl (C=O) groups excluding carboxylic acids is 1. The molecule has 10 heteroatoms. The van der Waals surface area contributed by atoms with E-state index in [-0.39, 0.29) is 12.5 Å². The smallest absolute Gasteiger partial charge is 0.263 e. The van der Waals surface area contributed by atoms with Crippen LogP contribution >= 0.6 is 22.9 Å². The van der Waals surface area contributed by atoms with Crippen molar-refractivity contribution in [3.8, 4) is 17.3 Å². The van der Waals surface area contributed by atoms with E-state index in [2.05, 4.69) is 25.6 Å². The lowest BCUT2D eigenvalue weighted by Crippen LogP contribution is -2.28. The molecule has 0 unspecified atom stereocenters. The van der Waals surface area contributed by atoms with Crippen molar-refractivity contribution in [1.82, 2.24) is 30.1 Å². The Kier molecular flexibility index (Phi) is 5.41. The van der Waals surface area contributed by atoms with Crippen LogP contribution in [0.25, 0.3) is 17.0 Å². The summed E-state index contributed by atoms with van der Waals surface area (Å²) in [5.74, 6) is 0.769. The molecule has 0 aliphatic carbocycles. The molecule has 0 saturated heterocycles. The number of hydrogen-bond acceptors (Lipinski definition) is 7. The Morgan fingerprint density at radius 3 is 2.79 bits per heavy atom. The van der Waals surface area contributed by atoms with E-state index in [1.807, 2.05) is 32.0 Å². The highest BCUT2D eigenvalue weighted by molar-refractivity contribution is 7.13. The summed E-state index contributed by atoms with van der Waals surface area (Å²) in [6.07, 6.45) is 0. The second-order valence-corrected chi connectivity index (χ2v) is 7.81. The summed E-state index contributed by atoms with van der Waals surface area (Å²) in [5, 5.41) is 17.0. The first kappa shape index (κ1) is 19.3. The Labute approximate surface area is 175 Å². The van der Waals surface area contributed by atoms with Gasteiger partial charge < -0.3 is 10.1 Å². The van der Waals surface area contributed by atoms with Gasteiger partial charge in [0, 0.05) is 11.6 Å². The van der Waals surface area contributed by atoms with Gasteiger partial charge in [-0.2, -0.15) is 4.52 Å². The molecule has 3 aromatic heterocycles. The van der Waals surface area contributed by atoms with Crippen LogP contribution in [0.2, 0.25) is 5.02 Å². The number of aromatic nitrogens is 5. The number of rotatable bonds is 6. The van der Waals surface area contributed by atoms with Crippen LogP contribution in [0.3, 0.4) is 0 Å². The number of amides is 1. The van der Waals surface area contributed by atoms with Crippen LogP contribution in [-0.2, 0) is 0 Å². The molecule has 0 saturated carbocycles. The van der Waals surface area contributed by atoms with E-state index >= 15 is 0 Å². The van der Waals surface area contributed by atoms with Crippen LogP contribution in [0.5, 0.6) is 5.88 Å². The Bertz CT molecular complexity index is 1190. The fraction of sp³-hybridized carbons (Fsp3) is 0.211. The van der Waals surface area contributed by atoms with Crippen LogP contribution in [0.1, 0.15) is 20.4 Å². The number of carbonyl (C=O) groups is 1. The highest BCUT2D eigenvalue weighted by Gasteiger charge is 2.14. The van der Waals surface area contributed by atoms with Gasteiger partial charge in [-0.25, -0.2) is 4.98 Å². The molecule has 0 aliphatic heterocycles. The second-order valence-electron chi connectivity index (χ2n) is 6.20. The van der Waals surface area contributed by atoms with Crippen molar-refractivity contribution in [2.45, 2.75) is 13.8 Å². The molecular formula is C19H17ClN6O2S. The Morgan fingerprint density at radius 2 is 2.03 bits per heavy atom. The van der Waals surface area contributed by atoms with Crippen molar-refractivity contribution in [1.29, 1.82) is 0 Å². The third kappa shape index (κ3) is 4.06. The maximum absolute atomic E-state index is 12.2. The number of halogens is 1. The van der Waals surface area contributed by atoms with Gasteiger partial charge in [-0.15, -0.1) is 26.6 Å². The summed E-state index contributed by atoms with van der Waals surface area (Å²) in [6, 6.07) is 10.8. The summed E-state index contributed by atoms with van der Waals surface area (Å²) in [6.45, 7) is 4.31. The van der Waals surface area contributed by atoms with Crippen LogP contribution < -0.4 is 10.1 Å². The third-order valence-corrected chi connectivity index (χ3v) is 5.50. The van der Waals surface area contributed by atoms with Gasteiger partial charge in [-0.3, -0.25) is 4.79 Å². The summed E-state index contributed by atoms with van der Waals surface area (Å²) in [4.78, 5) is 17.1. The van der Waals surface area contributed by atoms with Crippen molar-refractivity contribution >= 4 is 34.5 Å². The van der Waals surface area contributed by atoms with E-state index < -0.39 is 0 Å². The molecule has 0 fully saturated rings. The summed E-state index contributed by atoms with van der Waals surface area (Å²) in [7, 11) is 0. The first-order chi connectivity index (χ1) is 14.0. The van der Waals surface area contributed by atoms with E-state index in [9.17, 15) is 4.79 Å². The zero-order valence-corrected chi connectivity index (χ0v) is 17.3. The maximum atomic E-state index is 12.2. The van der Waals surface area contributed by atoms with Gasteiger partial charge >= 0.3 is 0 Å². The second kappa shape index (κ2) is 8.14. The lowest BCUT2D eigenvalue weighted by Gasteiger charge is -2.07. The number of nitrogens with zero attached hydrogens (tertiary/aromatic N) is 5. The highest BCUT2D eigenvalue weighted by atomic mass is 35.5. The molecule has 1 aromatic carbocycles. The third-order valence-electron chi connectivity index (χ3n) is 4.10. The summed E-state index contributed by atoms with van der Waals surface area (Å²) < 4.78 is 7.26. The Morgan fingerprint density at radius 1 is 1.21 bits per heavy atom. The standard InChI is InChI=1S/C19H17ClN6O2S/c1-11-17(29-12(2)22-11)19(27)21-9-10-28-16-8-7-15-23-24-18(26(15)25-16)13-5-3-4-6-14(13)20/h3-8H,9-10H2,1-2H3,(H,21,27). The predicted octanol–water partition coefficient (Wildman–Crippen LogP) is 3.33. The number of benzene rings is 1. The van der Waals surface area contributed by atoms with Gasteiger partial charge in [0.1, 0.15) is 11.5 Å². The Balaban J connectivity index is 1.42. The molecule has 1 N–H and O–H groups in total. The molecule has 0 bridgehead atoms. The van der Waals surface area contributed by atoms with E-state index in [0.29, 0.717) is 33.8 Å². The van der Waals surface area contributed by atoms with Crippen molar-refractivity contribution in [3.05, 3.63) is 57.0 Å². The first-order valence-corrected chi connectivity index (χ1v) is 10.0. The van der Waals surface area contributed by atoms with E-state index in [0.717, 1.165) is 16.3 Å². The molecule has 0 atom stereocenters. The van der Waals surface area contributed by atoms with Crippen molar-refractivity contribution in [3.63, 3.8) is 0 Å². The topological polar surface area (TPSA) is 94.3 Å². The SMILES string of the molecule is Cc1nc(C)c(C(=O)NCCOc2ccc3nnc(-c4ccccc4Cl)n3n2)s1. The van der Waals surface area contributed by atoms with Gasteiger partial charge in [-0.1, -0.05) is 23.7 Å². The van der Waals surface area contributed by atoms with Crippen LogP contribution in [0.15, 0.2) is 36.4 Å². The van der Waals surface area contributed by atoms with Crippen molar-refractivity contribution < 1.29 is 9.53 Å². The molecular weight excluding hydrogens is 412 g/mol. The molecule has 3 heterocycles. The quantitative estimate of drug-likeness (QED) is 0.473. The zero-order valence-electron chi connectivity index (χ0n) is 15.7.